The summed E-state index contributed by atoms with van der Waals surface area (Å²) in [6, 6.07) is 13.6. The first-order valence-electron chi connectivity index (χ1n) is 8.29. The number of rotatable bonds is 5. The zero-order valence-electron chi connectivity index (χ0n) is 14.9. The molecule has 0 bridgehead atoms. The molecule has 26 heavy (non-hydrogen) atoms. The Morgan fingerprint density at radius 3 is 2.38 bits per heavy atom. The molecule has 1 N–H and O–H groups in total. The van der Waals surface area contributed by atoms with Gasteiger partial charge in [0.2, 0.25) is 5.91 Å². The van der Waals surface area contributed by atoms with E-state index in [1.807, 2.05) is 42.7 Å². The molecule has 0 fully saturated rings. The van der Waals surface area contributed by atoms with E-state index >= 15 is 0 Å². The molecule has 3 rings (SSSR count). The molecule has 1 aromatic heterocycles. The number of benzene rings is 2. The van der Waals surface area contributed by atoms with Gasteiger partial charge in [0.05, 0.1) is 28.3 Å². The molecule has 6 nitrogen and oxygen atoms in total. The first-order valence-corrected chi connectivity index (χ1v) is 10.2. The molecule has 0 aliphatic heterocycles. The van der Waals surface area contributed by atoms with Crippen molar-refractivity contribution in [3.05, 3.63) is 60.4 Å². The molecule has 0 spiro atoms. The monoisotopic (exact) mass is 371 g/mol. The molecule has 0 unspecified atom stereocenters. The lowest BCUT2D eigenvalue weighted by molar-refractivity contribution is -0.124. The number of amides is 1. The summed E-state index contributed by atoms with van der Waals surface area (Å²) < 4.78 is 24.9. The van der Waals surface area contributed by atoms with Crippen LogP contribution in [0.1, 0.15) is 31.5 Å². The average Bonchev–Trinajstić information content (AvgIpc) is 3.04. The summed E-state index contributed by atoms with van der Waals surface area (Å²) in [5, 5.41) is 2.97. The first kappa shape index (κ1) is 18.1. The van der Waals surface area contributed by atoms with Crippen LogP contribution in [0.25, 0.3) is 11.0 Å². The van der Waals surface area contributed by atoms with Crippen molar-refractivity contribution >= 4 is 26.8 Å². The Bertz CT molecular complexity index is 1040. The van der Waals surface area contributed by atoms with Gasteiger partial charge in [-0.2, -0.15) is 0 Å². The molecule has 2 atom stereocenters. The smallest absolute Gasteiger partial charge is 0.243 e. The van der Waals surface area contributed by atoms with E-state index in [1.54, 1.807) is 30.6 Å². The Balaban J connectivity index is 1.74. The highest BCUT2D eigenvalue weighted by molar-refractivity contribution is 7.90. The first-order chi connectivity index (χ1) is 12.3. The maximum Gasteiger partial charge on any atom is 0.243 e. The Kier molecular flexibility index (Phi) is 4.82. The minimum atomic E-state index is -3.23. The number of sulfone groups is 1. The number of nitrogens with zero attached hydrogens (tertiary/aromatic N) is 2. The van der Waals surface area contributed by atoms with Gasteiger partial charge in [0.1, 0.15) is 6.04 Å². The third-order valence-electron chi connectivity index (χ3n) is 4.44. The second-order valence-corrected chi connectivity index (χ2v) is 8.40. The summed E-state index contributed by atoms with van der Waals surface area (Å²) >= 11 is 0. The summed E-state index contributed by atoms with van der Waals surface area (Å²) in [4.78, 5) is 17.2. The molecule has 1 amide bonds. The number of carbonyl (C=O) groups is 1. The fraction of sp³-hybridized carbons (Fsp3) is 0.263. The SMILES string of the molecule is C[C@H](C(=O)N[C@H](C)c1ccc(S(C)(=O)=O)cc1)n1cnc2ccccc21. The quantitative estimate of drug-likeness (QED) is 0.748. The lowest BCUT2D eigenvalue weighted by Crippen LogP contribution is -2.32. The van der Waals surface area contributed by atoms with E-state index in [9.17, 15) is 13.2 Å². The number of hydrogen-bond acceptors (Lipinski definition) is 4. The number of hydrogen-bond donors (Lipinski definition) is 1. The van der Waals surface area contributed by atoms with Crippen LogP contribution in [0.15, 0.2) is 59.8 Å². The van der Waals surface area contributed by atoms with Crippen molar-refractivity contribution in [2.75, 3.05) is 6.26 Å². The summed E-state index contributed by atoms with van der Waals surface area (Å²) in [6.45, 7) is 3.69. The Morgan fingerprint density at radius 1 is 1.08 bits per heavy atom. The van der Waals surface area contributed by atoms with Gasteiger partial charge in [0.15, 0.2) is 9.84 Å². The summed E-state index contributed by atoms with van der Waals surface area (Å²) in [5.41, 5.74) is 2.59. The van der Waals surface area contributed by atoms with E-state index in [-0.39, 0.29) is 16.8 Å². The molecule has 1 heterocycles. The molecule has 0 aliphatic carbocycles. The molecule has 3 aromatic rings. The van der Waals surface area contributed by atoms with E-state index in [2.05, 4.69) is 10.3 Å². The predicted molar refractivity (Wildman–Crippen MR) is 101 cm³/mol. The van der Waals surface area contributed by atoms with Crippen molar-refractivity contribution < 1.29 is 13.2 Å². The van der Waals surface area contributed by atoms with Crippen molar-refractivity contribution in [3.63, 3.8) is 0 Å². The molecular weight excluding hydrogens is 350 g/mol. The van der Waals surface area contributed by atoms with Gasteiger partial charge in [0.25, 0.3) is 0 Å². The molecular formula is C19H21N3O3S. The summed E-state index contributed by atoms with van der Waals surface area (Å²) in [5.74, 6) is -0.132. The molecule has 0 radical (unpaired) electrons. The minimum Gasteiger partial charge on any atom is -0.348 e. The second-order valence-electron chi connectivity index (χ2n) is 6.39. The number of para-hydroxylation sites is 2. The topological polar surface area (TPSA) is 81.1 Å². The third-order valence-corrected chi connectivity index (χ3v) is 5.57. The summed E-state index contributed by atoms with van der Waals surface area (Å²) in [7, 11) is -3.23. The number of imidazole rings is 1. The van der Waals surface area contributed by atoms with Crippen LogP contribution in [0.2, 0.25) is 0 Å². The van der Waals surface area contributed by atoms with Crippen molar-refractivity contribution in [1.82, 2.24) is 14.9 Å². The second kappa shape index (κ2) is 6.92. The number of carbonyl (C=O) groups excluding carboxylic acids is 1. The van der Waals surface area contributed by atoms with Crippen LogP contribution in [-0.2, 0) is 14.6 Å². The van der Waals surface area contributed by atoms with Crippen molar-refractivity contribution in [2.24, 2.45) is 0 Å². The van der Waals surface area contributed by atoms with E-state index in [0.29, 0.717) is 0 Å². The largest absolute Gasteiger partial charge is 0.348 e. The van der Waals surface area contributed by atoms with E-state index in [1.165, 1.54) is 6.26 Å². The van der Waals surface area contributed by atoms with Crippen LogP contribution < -0.4 is 5.32 Å². The fourth-order valence-electron chi connectivity index (χ4n) is 2.83. The highest BCUT2D eigenvalue weighted by Crippen LogP contribution is 2.20. The lowest BCUT2D eigenvalue weighted by Gasteiger charge is -2.19. The molecule has 2 aromatic carbocycles. The van der Waals surface area contributed by atoms with Crippen LogP contribution in [-0.4, -0.2) is 30.1 Å². The molecule has 7 heteroatoms. The number of aromatic nitrogens is 2. The van der Waals surface area contributed by atoms with Gasteiger partial charge in [-0.1, -0.05) is 24.3 Å². The van der Waals surface area contributed by atoms with Crippen molar-refractivity contribution in [2.45, 2.75) is 30.8 Å². The van der Waals surface area contributed by atoms with Gasteiger partial charge in [-0.3, -0.25) is 4.79 Å². The van der Waals surface area contributed by atoms with Gasteiger partial charge in [-0.25, -0.2) is 13.4 Å². The minimum absolute atomic E-state index is 0.132. The van der Waals surface area contributed by atoms with Crippen LogP contribution >= 0.6 is 0 Å². The Hall–Kier alpha value is -2.67. The van der Waals surface area contributed by atoms with Gasteiger partial charge in [-0.15, -0.1) is 0 Å². The van der Waals surface area contributed by atoms with E-state index in [0.717, 1.165) is 16.6 Å². The Morgan fingerprint density at radius 2 is 1.73 bits per heavy atom. The highest BCUT2D eigenvalue weighted by Gasteiger charge is 2.19. The fourth-order valence-corrected chi connectivity index (χ4v) is 3.46. The van der Waals surface area contributed by atoms with Crippen LogP contribution in [0.4, 0.5) is 0 Å². The van der Waals surface area contributed by atoms with E-state index < -0.39 is 15.9 Å². The Labute approximate surface area is 152 Å². The van der Waals surface area contributed by atoms with E-state index in [4.69, 9.17) is 0 Å². The lowest BCUT2D eigenvalue weighted by atomic mass is 10.1. The molecule has 136 valence electrons. The summed E-state index contributed by atoms with van der Waals surface area (Å²) in [6.07, 6.45) is 2.84. The van der Waals surface area contributed by atoms with Crippen LogP contribution in [0.5, 0.6) is 0 Å². The average molecular weight is 371 g/mol. The van der Waals surface area contributed by atoms with Gasteiger partial charge < -0.3 is 9.88 Å². The maximum atomic E-state index is 12.6. The number of fused-ring (bicyclic) bond motifs is 1. The highest BCUT2D eigenvalue weighted by atomic mass is 32.2. The zero-order chi connectivity index (χ0) is 18.9. The van der Waals surface area contributed by atoms with Crippen LogP contribution in [0, 0.1) is 0 Å². The van der Waals surface area contributed by atoms with Gasteiger partial charge in [-0.05, 0) is 43.7 Å². The van der Waals surface area contributed by atoms with Crippen LogP contribution in [0.3, 0.4) is 0 Å². The molecule has 0 aliphatic rings. The molecule has 0 saturated carbocycles. The van der Waals surface area contributed by atoms with Crippen molar-refractivity contribution in [1.29, 1.82) is 0 Å². The predicted octanol–water partition coefficient (Wildman–Crippen LogP) is 2.88. The number of nitrogens with one attached hydrogen (secondary N) is 1. The third kappa shape index (κ3) is 3.62. The zero-order valence-corrected chi connectivity index (χ0v) is 15.7. The standard InChI is InChI=1S/C19H21N3O3S/c1-13(15-8-10-16(11-9-15)26(3,24)25)21-19(23)14(2)22-12-20-17-6-4-5-7-18(17)22/h4-14H,1-3H3,(H,21,23)/t13-,14-/m1/s1. The molecule has 0 saturated heterocycles. The maximum absolute atomic E-state index is 12.6. The van der Waals surface area contributed by atoms with Gasteiger partial charge in [0, 0.05) is 6.26 Å². The normalized spacial score (nSPS) is 14.1. The van der Waals surface area contributed by atoms with Gasteiger partial charge >= 0.3 is 0 Å². The van der Waals surface area contributed by atoms with Crippen molar-refractivity contribution in [3.8, 4) is 0 Å².